The second kappa shape index (κ2) is 6.64. The number of nitrogens with one attached hydrogen (secondary N) is 1. The molecule has 1 saturated carbocycles. The molecule has 1 N–H and O–H groups in total. The van der Waals surface area contributed by atoms with E-state index < -0.39 is 11.9 Å². The van der Waals surface area contributed by atoms with Crippen molar-refractivity contribution in [2.24, 2.45) is 23.7 Å². The number of esters is 1. The van der Waals surface area contributed by atoms with Gasteiger partial charge in [-0.2, -0.15) is 0 Å². The molecular weight excluding hydrogens is 348 g/mol. The minimum absolute atomic E-state index is 0.106. The smallest absolute Gasteiger partial charge is 0.340 e. The van der Waals surface area contributed by atoms with Gasteiger partial charge in [0.05, 0.1) is 29.7 Å². The summed E-state index contributed by atoms with van der Waals surface area (Å²) in [6, 6.07) is 6.47. The van der Waals surface area contributed by atoms with Crippen molar-refractivity contribution in [2.45, 2.75) is 13.3 Å². The monoisotopic (exact) mass is 368 g/mol. The van der Waals surface area contributed by atoms with Crippen LogP contribution in [0.25, 0.3) is 0 Å². The quantitative estimate of drug-likeness (QED) is 0.484. The summed E-state index contributed by atoms with van der Waals surface area (Å²) in [5, 5.41) is 2.62. The summed E-state index contributed by atoms with van der Waals surface area (Å²) in [4.78, 5) is 50.8. The molecule has 0 unspecified atom stereocenters. The fourth-order valence-electron chi connectivity index (χ4n) is 4.43. The molecule has 4 atom stereocenters. The lowest BCUT2D eigenvalue weighted by molar-refractivity contribution is -0.143. The normalized spacial score (nSPS) is 27.8. The molecule has 1 aliphatic heterocycles. The van der Waals surface area contributed by atoms with Crippen LogP contribution >= 0.6 is 0 Å². The molecule has 0 aromatic heterocycles. The van der Waals surface area contributed by atoms with Crippen molar-refractivity contribution >= 4 is 29.4 Å². The van der Waals surface area contributed by atoms with Gasteiger partial charge in [-0.25, -0.2) is 4.79 Å². The largest absolute Gasteiger partial charge is 0.462 e. The van der Waals surface area contributed by atoms with E-state index in [1.54, 1.807) is 31.2 Å². The SMILES string of the molecule is CCOC(=O)c1ccccc1NC(=O)CN1C(=O)[C@@H]2[C@H](C1=O)[C@H]1C=C[C@H]2C1. The number of nitrogens with zero attached hydrogens (tertiary/aromatic N) is 1. The first-order valence-corrected chi connectivity index (χ1v) is 9.10. The Morgan fingerprint density at radius 2 is 1.74 bits per heavy atom. The number of amides is 3. The average molecular weight is 368 g/mol. The van der Waals surface area contributed by atoms with Crippen LogP contribution in [0.4, 0.5) is 5.69 Å². The van der Waals surface area contributed by atoms with E-state index >= 15 is 0 Å². The van der Waals surface area contributed by atoms with Crippen molar-refractivity contribution in [1.29, 1.82) is 0 Å². The number of para-hydroxylation sites is 1. The minimum atomic E-state index is -0.543. The molecule has 2 aliphatic carbocycles. The Hall–Kier alpha value is -2.96. The van der Waals surface area contributed by atoms with E-state index in [0.717, 1.165) is 11.3 Å². The number of imide groups is 1. The summed E-state index contributed by atoms with van der Waals surface area (Å²) in [5.74, 6) is -2.04. The molecule has 7 nitrogen and oxygen atoms in total. The van der Waals surface area contributed by atoms with Crippen LogP contribution in [0.15, 0.2) is 36.4 Å². The standard InChI is InChI=1S/C20H20N2O5/c1-2-27-20(26)13-5-3-4-6-14(13)21-15(23)10-22-18(24)16-11-7-8-12(9-11)17(16)19(22)25/h3-8,11-12,16-17H,2,9-10H2,1H3,(H,21,23)/t11-,12-,16-,17+/m0/s1. The molecule has 1 aromatic carbocycles. The maximum atomic E-state index is 12.7. The van der Waals surface area contributed by atoms with Gasteiger partial charge in [-0.3, -0.25) is 19.3 Å². The van der Waals surface area contributed by atoms with E-state index in [4.69, 9.17) is 4.74 Å². The van der Waals surface area contributed by atoms with Crippen molar-refractivity contribution in [3.05, 3.63) is 42.0 Å². The second-order valence-corrected chi connectivity index (χ2v) is 7.08. The Kier molecular flexibility index (Phi) is 4.30. The van der Waals surface area contributed by atoms with Crippen LogP contribution in [-0.4, -0.2) is 41.7 Å². The van der Waals surface area contributed by atoms with Gasteiger partial charge in [0.15, 0.2) is 0 Å². The van der Waals surface area contributed by atoms with Gasteiger partial charge < -0.3 is 10.1 Å². The molecule has 1 heterocycles. The molecule has 1 aromatic rings. The van der Waals surface area contributed by atoms with Crippen LogP contribution in [0, 0.1) is 23.7 Å². The molecule has 2 bridgehead atoms. The van der Waals surface area contributed by atoms with Crippen LogP contribution in [0.3, 0.4) is 0 Å². The lowest BCUT2D eigenvalue weighted by Gasteiger charge is -2.17. The van der Waals surface area contributed by atoms with Crippen molar-refractivity contribution < 1.29 is 23.9 Å². The number of benzene rings is 1. The van der Waals surface area contributed by atoms with Gasteiger partial charge in [0.25, 0.3) is 0 Å². The Morgan fingerprint density at radius 3 is 2.37 bits per heavy atom. The van der Waals surface area contributed by atoms with Gasteiger partial charge in [0, 0.05) is 0 Å². The molecule has 2 fully saturated rings. The first-order valence-electron chi connectivity index (χ1n) is 9.10. The number of likely N-dealkylation sites (tertiary alicyclic amines) is 1. The first kappa shape index (κ1) is 17.5. The number of carbonyl (C=O) groups is 4. The Balaban J connectivity index is 1.46. The number of allylic oxidation sites excluding steroid dienone is 2. The molecule has 140 valence electrons. The number of hydrogen-bond acceptors (Lipinski definition) is 5. The highest BCUT2D eigenvalue weighted by molar-refractivity contribution is 6.10. The van der Waals surface area contributed by atoms with Crippen molar-refractivity contribution in [3.8, 4) is 0 Å². The Labute approximate surface area is 156 Å². The van der Waals surface area contributed by atoms with Crippen LogP contribution in [-0.2, 0) is 19.1 Å². The van der Waals surface area contributed by atoms with E-state index in [1.165, 1.54) is 0 Å². The van der Waals surface area contributed by atoms with Gasteiger partial charge in [-0.05, 0) is 37.3 Å². The fourth-order valence-corrected chi connectivity index (χ4v) is 4.43. The number of carbonyl (C=O) groups excluding carboxylic acids is 4. The maximum absolute atomic E-state index is 12.7. The van der Waals surface area contributed by atoms with Crippen molar-refractivity contribution in [3.63, 3.8) is 0 Å². The van der Waals surface area contributed by atoms with Gasteiger partial charge in [0.2, 0.25) is 17.7 Å². The summed E-state index contributed by atoms with van der Waals surface area (Å²) in [6.07, 6.45) is 4.87. The van der Waals surface area contributed by atoms with E-state index in [-0.39, 0.29) is 54.2 Å². The molecule has 4 rings (SSSR count). The third-order valence-electron chi connectivity index (χ3n) is 5.56. The lowest BCUT2D eigenvalue weighted by atomic mass is 9.85. The van der Waals surface area contributed by atoms with Crippen LogP contribution in [0.2, 0.25) is 0 Å². The lowest BCUT2D eigenvalue weighted by Crippen LogP contribution is -2.39. The molecule has 3 aliphatic rings. The molecule has 7 heteroatoms. The number of hydrogen-bond donors (Lipinski definition) is 1. The highest BCUT2D eigenvalue weighted by Gasteiger charge is 2.59. The van der Waals surface area contributed by atoms with Crippen molar-refractivity contribution in [1.82, 2.24) is 4.90 Å². The zero-order valence-corrected chi connectivity index (χ0v) is 14.9. The van der Waals surface area contributed by atoms with Gasteiger partial charge in [-0.1, -0.05) is 24.3 Å². The average Bonchev–Trinajstić information content (AvgIpc) is 3.32. The Morgan fingerprint density at radius 1 is 1.11 bits per heavy atom. The zero-order chi connectivity index (χ0) is 19.1. The minimum Gasteiger partial charge on any atom is -0.462 e. The first-order chi connectivity index (χ1) is 13.0. The fraction of sp³-hybridized carbons (Fsp3) is 0.400. The van der Waals surface area contributed by atoms with Crippen molar-refractivity contribution in [2.75, 3.05) is 18.5 Å². The van der Waals surface area contributed by atoms with E-state index in [2.05, 4.69) is 5.32 Å². The van der Waals surface area contributed by atoms with Crippen LogP contribution in [0.5, 0.6) is 0 Å². The summed E-state index contributed by atoms with van der Waals surface area (Å²) >= 11 is 0. The summed E-state index contributed by atoms with van der Waals surface area (Å²) in [6.45, 7) is 1.57. The number of anilines is 1. The third kappa shape index (κ3) is 2.83. The predicted octanol–water partition coefficient (Wildman–Crippen LogP) is 1.61. The number of fused-ring (bicyclic) bond motifs is 5. The molecule has 3 amide bonds. The highest BCUT2D eigenvalue weighted by Crippen LogP contribution is 2.52. The molecule has 1 saturated heterocycles. The van der Waals surface area contributed by atoms with Gasteiger partial charge in [-0.15, -0.1) is 0 Å². The van der Waals surface area contributed by atoms with E-state index in [1.807, 2.05) is 12.2 Å². The van der Waals surface area contributed by atoms with E-state index in [0.29, 0.717) is 5.69 Å². The Bertz CT molecular complexity index is 832. The number of rotatable bonds is 5. The topological polar surface area (TPSA) is 92.8 Å². The molecule has 27 heavy (non-hydrogen) atoms. The van der Waals surface area contributed by atoms with Gasteiger partial charge >= 0.3 is 5.97 Å². The summed E-state index contributed by atoms with van der Waals surface area (Å²) in [5.41, 5.74) is 0.521. The summed E-state index contributed by atoms with van der Waals surface area (Å²) in [7, 11) is 0. The predicted molar refractivity (Wildman–Crippen MR) is 95.5 cm³/mol. The van der Waals surface area contributed by atoms with E-state index in [9.17, 15) is 19.2 Å². The second-order valence-electron chi connectivity index (χ2n) is 7.08. The zero-order valence-electron chi connectivity index (χ0n) is 14.9. The summed E-state index contributed by atoms with van der Waals surface area (Å²) < 4.78 is 4.98. The molecule has 0 spiro atoms. The van der Waals surface area contributed by atoms with Crippen LogP contribution < -0.4 is 5.32 Å². The molecular formula is C20H20N2O5. The molecule has 0 radical (unpaired) electrons. The third-order valence-corrected chi connectivity index (χ3v) is 5.56. The number of ether oxygens (including phenoxy) is 1. The van der Waals surface area contributed by atoms with Gasteiger partial charge in [0.1, 0.15) is 6.54 Å². The van der Waals surface area contributed by atoms with Crippen LogP contribution in [0.1, 0.15) is 23.7 Å². The highest BCUT2D eigenvalue weighted by atomic mass is 16.5. The maximum Gasteiger partial charge on any atom is 0.340 e.